The van der Waals surface area contributed by atoms with Crippen LogP contribution in [0.15, 0.2) is 66.7 Å². The zero-order valence-corrected chi connectivity index (χ0v) is 14.3. The van der Waals surface area contributed by atoms with E-state index < -0.39 is 12.1 Å². The average molecular weight is 335 g/mol. The number of phenolic OH excluding ortho intramolecular Hbond substituents is 1. The molecule has 4 nitrogen and oxygen atoms in total. The van der Waals surface area contributed by atoms with Crippen LogP contribution >= 0.6 is 0 Å². The maximum Gasteiger partial charge on any atom is 0.249 e. The first-order valence-corrected chi connectivity index (χ1v) is 8.20. The van der Waals surface area contributed by atoms with Gasteiger partial charge in [-0.2, -0.15) is 0 Å². The number of ether oxygens (including phenoxy) is 1. The van der Waals surface area contributed by atoms with E-state index in [1.807, 2.05) is 60.7 Å². The summed E-state index contributed by atoms with van der Waals surface area (Å²) in [5.74, 6) is -0.0818. The van der Waals surface area contributed by atoms with Crippen LogP contribution < -0.4 is 5.32 Å². The monoisotopic (exact) mass is 335 g/mol. The molecule has 0 aliphatic heterocycles. The molecule has 2 atom stereocenters. The quantitative estimate of drug-likeness (QED) is 0.746. The van der Waals surface area contributed by atoms with Crippen molar-refractivity contribution in [3.8, 4) is 5.75 Å². The van der Waals surface area contributed by atoms with Gasteiger partial charge in [-0.25, -0.2) is 0 Å². The summed E-state index contributed by atoms with van der Waals surface area (Å²) in [6.45, 7) is 1.69. The summed E-state index contributed by atoms with van der Waals surface area (Å²) < 4.78 is 5.13. The van der Waals surface area contributed by atoms with Crippen LogP contribution in [-0.2, 0) is 9.53 Å². The van der Waals surface area contributed by atoms with Crippen LogP contribution in [0, 0.1) is 0 Å². The number of fused-ring (bicyclic) bond motifs is 1. The molecule has 3 aromatic rings. The Labute approximate surface area is 147 Å². The van der Waals surface area contributed by atoms with Crippen molar-refractivity contribution in [2.75, 3.05) is 7.11 Å². The van der Waals surface area contributed by atoms with E-state index in [0.717, 1.165) is 16.3 Å². The van der Waals surface area contributed by atoms with Crippen LogP contribution in [0.3, 0.4) is 0 Å². The highest BCUT2D eigenvalue weighted by molar-refractivity contribution is 5.90. The number of carbonyl (C=O) groups is 1. The summed E-state index contributed by atoms with van der Waals surface area (Å²) in [5.41, 5.74) is 1.58. The molecule has 3 rings (SSSR count). The molecule has 1 amide bonds. The summed E-state index contributed by atoms with van der Waals surface area (Å²) in [6, 6.07) is 20.5. The molecule has 3 aromatic carbocycles. The first kappa shape index (κ1) is 17.0. The highest BCUT2D eigenvalue weighted by atomic mass is 16.5. The molecule has 0 aromatic heterocycles. The summed E-state index contributed by atoms with van der Waals surface area (Å²) in [7, 11) is 1.50. The minimum Gasteiger partial charge on any atom is -0.508 e. The van der Waals surface area contributed by atoms with Gasteiger partial charge in [0.1, 0.15) is 11.9 Å². The minimum atomic E-state index is -0.580. The van der Waals surface area contributed by atoms with Gasteiger partial charge in [0, 0.05) is 12.7 Å². The fourth-order valence-electron chi connectivity index (χ4n) is 2.92. The number of aromatic hydroxyl groups is 1. The Morgan fingerprint density at radius 3 is 2.40 bits per heavy atom. The molecule has 25 heavy (non-hydrogen) atoms. The molecule has 0 aliphatic rings. The number of rotatable bonds is 5. The van der Waals surface area contributed by atoms with E-state index in [4.69, 9.17) is 4.74 Å². The lowest BCUT2D eigenvalue weighted by Gasteiger charge is -2.24. The van der Waals surface area contributed by atoms with Crippen LogP contribution in [0.4, 0.5) is 0 Å². The van der Waals surface area contributed by atoms with Gasteiger partial charge >= 0.3 is 0 Å². The molecular weight excluding hydrogens is 314 g/mol. The van der Waals surface area contributed by atoms with Crippen molar-refractivity contribution < 1.29 is 14.6 Å². The lowest BCUT2D eigenvalue weighted by molar-refractivity contribution is -0.130. The molecule has 2 N–H and O–H groups in total. The highest BCUT2D eigenvalue weighted by Gasteiger charge is 2.24. The fraction of sp³-hybridized carbons (Fsp3) is 0.190. The van der Waals surface area contributed by atoms with E-state index >= 15 is 0 Å². The summed E-state index contributed by atoms with van der Waals surface area (Å²) in [4.78, 5) is 12.5. The molecule has 0 aliphatic carbocycles. The third kappa shape index (κ3) is 3.49. The highest BCUT2D eigenvalue weighted by Crippen LogP contribution is 2.35. The second-order valence-electron chi connectivity index (χ2n) is 5.95. The number of phenols is 1. The first-order chi connectivity index (χ1) is 12.1. The largest absolute Gasteiger partial charge is 0.508 e. The minimum absolute atomic E-state index is 0.151. The Balaban J connectivity index is 2.15. The topological polar surface area (TPSA) is 58.6 Å². The smallest absolute Gasteiger partial charge is 0.249 e. The second kappa shape index (κ2) is 7.36. The van der Waals surface area contributed by atoms with Crippen LogP contribution in [0.2, 0.25) is 0 Å². The van der Waals surface area contributed by atoms with Crippen molar-refractivity contribution >= 4 is 16.7 Å². The first-order valence-electron chi connectivity index (χ1n) is 8.20. The Morgan fingerprint density at radius 1 is 1.00 bits per heavy atom. The summed E-state index contributed by atoms with van der Waals surface area (Å²) >= 11 is 0. The van der Waals surface area contributed by atoms with E-state index in [0.29, 0.717) is 5.56 Å². The molecule has 2 unspecified atom stereocenters. The zero-order chi connectivity index (χ0) is 17.8. The van der Waals surface area contributed by atoms with E-state index in [1.54, 1.807) is 13.0 Å². The Morgan fingerprint density at radius 2 is 1.68 bits per heavy atom. The predicted molar refractivity (Wildman–Crippen MR) is 98.5 cm³/mol. The van der Waals surface area contributed by atoms with Crippen molar-refractivity contribution in [2.45, 2.75) is 19.1 Å². The molecular formula is C21H21NO3. The van der Waals surface area contributed by atoms with Gasteiger partial charge in [-0.15, -0.1) is 0 Å². The van der Waals surface area contributed by atoms with E-state index in [2.05, 4.69) is 5.32 Å². The molecule has 0 fully saturated rings. The maximum absolute atomic E-state index is 12.5. The molecule has 0 bridgehead atoms. The lowest BCUT2D eigenvalue weighted by Crippen LogP contribution is -2.37. The van der Waals surface area contributed by atoms with Crippen molar-refractivity contribution in [3.63, 3.8) is 0 Å². The number of carbonyl (C=O) groups excluding carboxylic acids is 1. The van der Waals surface area contributed by atoms with Gasteiger partial charge in [-0.05, 0) is 29.3 Å². The molecule has 0 saturated heterocycles. The summed E-state index contributed by atoms with van der Waals surface area (Å²) in [6.07, 6.45) is -0.580. The van der Waals surface area contributed by atoms with Gasteiger partial charge in [0.25, 0.3) is 0 Å². The molecule has 128 valence electrons. The third-order valence-electron chi connectivity index (χ3n) is 4.38. The maximum atomic E-state index is 12.5. The molecule has 0 saturated carbocycles. The Hall–Kier alpha value is -2.85. The standard InChI is InChI=1S/C21H21NO3/c1-14(25-2)21(24)22-20(16-9-4-3-5-10-16)19-17-11-7-6-8-15(17)12-13-18(19)23/h3-14,20,23H,1-2H3,(H,22,24). The second-order valence-corrected chi connectivity index (χ2v) is 5.95. The van der Waals surface area contributed by atoms with Gasteiger partial charge in [-0.3, -0.25) is 4.79 Å². The van der Waals surface area contributed by atoms with E-state index in [1.165, 1.54) is 7.11 Å². The van der Waals surface area contributed by atoms with Gasteiger partial charge in [-0.1, -0.05) is 60.7 Å². The van der Waals surface area contributed by atoms with Gasteiger partial charge in [0.15, 0.2) is 0 Å². The lowest BCUT2D eigenvalue weighted by atomic mass is 9.92. The number of hydrogen-bond donors (Lipinski definition) is 2. The Kier molecular flexibility index (Phi) is 5.00. The van der Waals surface area contributed by atoms with Crippen LogP contribution in [0.1, 0.15) is 24.1 Å². The number of benzene rings is 3. The number of amides is 1. The molecule has 0 radical (unpaired) electrons. The zero-order valence-electron chi connectivity index (χ0n) is 14.3. The van der Waals surface area contributed by atoms with Crippen molar-refractivity contribution in [2.24, 2.45) is 0 Å². The molecule has 0 spiro atoms. The van der Waals surface area contributed by atoms with E-state index in [9.17, 15) is 9.90 Å². The number of hydrogen-bond acceptors (Lipinski definition) is 3. The van der Waals surface area contributed by atoms with Crippen molar-refractivity contribution in [1.82, 2.24) is 5.32 Å². The van der Waals surface area contributed by atoms with Crippen molar-refractivity contribution in [1.29, 1.82) is 0 Å². The van der Waals surface area contributed by atoms with E-state index in [-0.39, 0.29) is 11.7 Å². The fourth-order valence-corrected chi connectivity index (χ4v) is 2.92. The number of methoxy groups -OCH3 is 1. The number of nitrogens with one attached hydrogen (secondary N) is 1. The van der Waals surface area contributed by atoms with Crippen LogP contribution in [0.5, 0.6) is 5.75 Å². The Bertz CT molecular complexity index is 877. The predicted octanol–water partition coefficient (Wildman–Crippen LogP) is 3.79. The molecule has 0 heterocycles. The average Bonchev–Trinajstić information content (AvgIpc) is 2.66. The van der Waals surface area contributed by atoms with Crippen LogP contribution in [-0.4, -0.2) is 24.2 Å². The normalized spacial score (nSPS) is 13.4. The van der Waals surface area contributed by atoms with Gasteiger partial charge < -0.3 is 15.2 Å². The third-order valence-corrected chi connectivity index (χ3v) is 4.38. The van der Waals surface area contributed by atoms with Gasteiger partial charge in [0.05, 0.1) is 6.04 Å². The van der Waals surface area contributed by atoms with Crippen LogP contribution in [0.25, 0.3) is 10.8 Å². The molecule has 4 heteroatoms. The summed E-state index contributed by atoms with van der Waals surface area (Å²) in [5, 5.41) is 15.5. The van der Waals surface area contributed by atoms with Gasteiger partial charge in [0.2, 0.25) is 5.91 Å². The van der Waals surface area contributed by atoms with Crippen molar-refractivity contribution in [3.05, 3.63) is 77.9 Å². The SMILES string of the molecule is COC(C)C(=O)NC(c1ccccc1)c1c(O)ccc2ccccc12.